The Morgan fingerprint density at radius 2 is 1.88 bits per heavy atom. The van der Waals surface area contributed by atoms with Gasteiger partial charge in [-0.15, -0.1) is 0 Å². The van der Waals surface area contributed by atoms with E-state index in [1.54, 1.807) is 26.2 Å². The quantitative estimate of drug-likeness (QED) is 0.435. The van der Waals surface area contributed by atoms with Crippen LogP contribution in [0, 0.1) is 17.7 Å². The molecule has 1 fully saturated rings. The van der Waals surface area contributed by atoms with Gasteiger partial charge >= 0.3 is 5.97 Å². The Labute approximate surface area is 198 Å². The van der Waals surface area contributed by atoms with Crippen molar-refractivity contribution in [3.8, 4) is 22.6 Å². The first-order chi connectivity index (χ1) is 16.4. The lowest BCUT2D eigenvalue weighted by molar-refractivity contribution is -0.142. The summed E-state index contributed by atoms with van der Waals surface area (Å²) in [6, 6.07) is 18.4. The van der Waals surface area contributed by atoms with Gasteiger partial charge in [-0.25, -0.2) is 4.39 Å². The molecule has 0 aromatic heterocycles. The van der Waals surface area contributed by atoms with Crippen LogP contribution in [0.5, 0.6) is 11.5 Å². The molecule has 3 aromatic carbocycles. The van der Waals surface area contributed by atoms with E-state index in [0.29, 0.717) is 23.8 Å². The summed E-state index contributed by atoms with van der Waals surface area (Å²) in [4.78, 5) is 11.7. The van der Waals surface area contributed by atoms with Gasteiger partial charge in [0.05, 0.1) is 24.8 Å². The Hall–Kier alpha value is -3.54. The number of fused-ring (bicyclic) bond motifs is 1. The van der Waals surface area contributed by atoms with Crippen LogP contribution in [0.1, 0.15) is 42.9 Å². The number of halogens is 1. The van der Waals surface area contributed by atoms with Crippen LogP contribution in [0.25, 0.3) is 11.1 Å². The number of aliphatic carboxylic acids is 1. The molecule has 5 nitrogen and oxygen atoms in total. The molecular formula is C28H28FNO4. The molecule has 0 amide bonds. The molecule has 2 aliphatic rings. The van der Waals surface area contributed by atoms with Crippen molar-refractivity contribution in [1.82, 2.24) is 0 Å². The maximum absolute atomic E-state index is 14.4. The van der Waals surface area contributed by atoms with Gasteiger partial charge in [0, 0.05) is 5.56 Å². The number of carboxylic acids is 1. The fraction of sp³-hybridized carbons (Fsp3) is 0.321. The average Bonchev–Trinajstić information content (AvgIpc) is 3.69. The number of carbonyl (C=O) groups is 1. The molecule has 34 heavy (non-hydrogen) atoms. The van der Waals surface area contributed by atoms with E-state index >= 15 is 0 Å². The lowest BCUT2D eigenvalue weighted by atomic mass is 9.83. The third kappa shape index (κ3) is 4.32. The van der Waals surface area contributed by atoms with E-state index in [-0.39, 0.29) is 17.8 Å². The number of anilines is 1. The van der Waals surface area contributed by atoms with E-state index in [2.05, 4.69) is 5.32 Å². The summed E-state index contributed by atoms with van der Waals surface area (Å²) in [5.74, 6) is 0.315. The van der Waals surface area contributed by atoms with Gasteiger partial charge in [-0.2, -0.15) is 0 Å². The van der Waals surface area contributed by atoms with Gasteiger partial charge in [-0.3, -0.25) is 4.79 Å². The summed E-state index contributed by atoms with van der Waals surface area (Å²) >= 11 is 0. The Balaban J connectivity index is 1.37. The Kier molecular flexibility index (Phi) is 5.90. The highest BCUT2D eigenvalue weighted by Gasteiger charge is 2.39. The second-order valence-corrected chi connectivity index (χ2v) is 9.22. The maximum Gasteiger partial charge on any atom is 0.306 e. The van der Waals surface area contributed by atoms with Crippen molar-refractivity contribution in [2.75, 3.05) is 19.0 Å². The fourth-order valence-corrected chi connectivity index (χ4v) is 4.90. The van der Waals surface area contributed by atoms with Gasteiger partial charge in [0.1, 0.15) is 23.9 Å². The molecule has 1 aliphatic heterocycles. The van der Waals surface area contributed by atoms with E-state index in [0.717, 1.165) is 41.0 Å². The van der Waals surface area contributed by atoms with Crippen molar-refractivity contribution in [2.24, 2.45) is 11.8 Å². The summed E-state index contributed by atoms with van der Waals surface area (Å²) < 4.78 is 25.6. The minimum Gasteiger partial charge on any atom is -0.497 e. The van der Waals surface area contributed by atoms with Crippen LogP contribution in [0.3, 0.4) is 0 Å². The normalized spacial score (nSPS) is 18.7. The largest absolute Gasteiger partial charge is 0.497 e. The van der Waals surface area contributed by atoms with Gasteiger partial charge in [0.25, 0.3) is 0 Å². The highest BCUT2D eigenvalue weighted by atomic mass is 19.1. The minimum absolute atomic E-state index is 0.00187. The predicted octanol–water partition coefficient (Wildman–Crippen LogP) is 6.26. The Morgan fingerprint density at radius 3 is 2.56 bits per heavy atom. The van der Waals surface area contributed by atoms with E-state index in [9.17, 15) is 14.3 Å². The third-order valence-electron chi connectivity index (χ3n) is 6.98. The molecule has 1 saturated carbocycles. The molecule has 1 aliphatic carbocycles. The molecule has 1 heterocycles. The SMILES string of the molecule is COc1ccc(F)c(-c2ccc(C3COc4ccc(C(C5CC5)[C@H](C)C(=O)O)cc4N3)cc2)c1. The number of carboxylic acid groups (broad SMARTS) is 1. The van der Waals surface area contributed by atoms with Crippen molar-refractivity contribution >= 4 is 11.7 Å². The molecular weight excluding hydrogens is 433 g/mol. The zero-order valence-corrected chi connectivity index (χ0v) is 19.3. The number of nitrogens with one attached hydrogen (secondary N) is 1. The van der Waals surface area contributed by atoms with Crippen molar-refractivity contribution in [1.29, 1.82) is 0 Å². The number of hydrogen-bond donors (Lipinski definition) is 2. The second-order valence-electron chi connectivity index (χ2n) is 9.22. The number of rotatable bonds is 7. The molecule has 2 unspecified atom stereocenters. The summed E-state index contributed by atoms with van der Waals surface area (Å²) in [5.41, 5.74) is 4.21. The molecule has 0 saturated heterocycles. The predicted molar refractivity (Wildman–Crippen MR) is 129 cm³/mol. The van der Waals surface area contributed by atoms with E-state index in [1.165, 1.54) is 6.07 Å². The fourth-order valence-electron chi connectivity index (χ4n) is 4.90. The topological polar surface area (TPSA) is 67.8 Å². The third-order valence-corrected chi connectivity index (χ3v) is 6.98. The Morgan fingerprint density at radius 1 is 1.12 bits per heavy atom. The summed E-state index contributed by atoms with van der Waals surface area (Å²) in [7, 11) is 1.56. The lowest BCUT2D eigenvalue weighted by Gasteiger charge is -2.30. The van der Waals surface area contributed by atoms with Gasteiger partial charge in [-0.1, -0.05) is 37.3 Å². The molecule has 0 radical (unpaired) electrons. The lowest BCUT2D eigenvalue weighted by Crippen LogP contribution is -2.25. The zero-order valence-electron chi connectivity index (χ0n) is 19.3. The smallest absolute Gasteiger partial charge is 0.306 e. The van der Waals surface area contributed by atoms with Gasteiger partial charge < -0.3 is 19.9 Å². The zero-order chi connectivity index (χ0) is 23.8. The average molecular weight is 462 g/mol. The van der Waals surface area contributed by atoms with Crippen LogP contribution >= 0.6 is 0 Å². The van der Waals surface area contributed by atoms with Crippen LogP contribution in [0.15, 0.2) is 60.7 Å². The number of benzene rings is 3. The number of hydrogen-bond acceptors (Lipinski definition) is 4. The first-order valence-electron chi connectivity index (χ1n) is 11.6. The molecule has 3 atom stereocenters. The summed E-state index contributed by atoms with van der Waals surface area (Å²) in [6.07, 6.45) is 2.15. The van der Waals surface area contributed by atoms with Gasteiger partial charge in [0.15, 0.2) is 0 Å². The van der Waals surface area contributed by atoms with Crippen LogP contribution in [-0.2, 0) is 4.79 Å². The van der Waals surface area contributed by atoms with Crippen LogP contribution in [0.2, 0.25) is 0 Å². The van der Waals surface area contributed by atoms with Crippen molar-refractivity contribution < 1.29 is 23.8 Å². The van der Waals surface area contributed by atoms with Crippen LogP contribution < -0.4 is 14.8 Å². The minimum atomic E-state index is -0.760. The van der Waals surface area contributed by atoms with Crippen molar-refractivity contribution in [3.63, 3.8) is 0 Å². The molecule has 2 N–H and O–H groups in total. The highest BCUT2D eigenvalue weighted by Crippen LogP contribution is 2.48. The first-order valence-corrected chi connectivity index (χ1v) is 11.6. The summed E-state index contributed by atoms with van der Waals surface area (Å²) in [5, 5.41) is 13.2. The number of methoxy groups -OCH3 is 1. The Bertz CT molecular complexity index is 1210. The molecule has 6 heteroatoms. The standard InChI is InChI=1S/C28H28FNO4/c1-16(28(31)32)27(19-7-8-19)20-9-12-26-24(13-20)30-25(15-34-26)18-5-3-17(4-6-18)22-14-21(33-2)10-11-23(22)29/h3-6,9-14,16,19,25,27,30H,7-8,15H2,1-2H3,(H,31,32)/t16-,25?,27?/m0/s1. The molecule has 3 aromatic rings. The number of ether oxygens (including phenoxy) is 2. The molecule has 0 bridgehead atoms. The van der Waals surface area contributed by atoms with Crippen molar-refractivity contribution in [3.05, 3.63) is 77.6 Å². The monoisotopic (exact) mass is 461 g/mol. The van der Waals surface area contributed by atoms with E-state index < -0.39 is 11.9 Å². The van der Waals surface area contributed by atoms with E-state index in [4.69, 9.17) is 9.47 Å². The maximum atomic E-state index is 14.4. The summed E-state index contributed by atoms with van der Waals surface area (Å²) in [6.45, 7) is 2.26. The van der Waals surface area contributed by atoms with Crippen molar-refractivity contribution in [2.45, 2.75) is 31.7 Å². The first kappa shape index (κ1) is 22.3. The molecule has 0 spiro atoms. The van der Waals surface area contributed by atoms with Gasteiger partial charge in [-0.05, 0) is 71.7 Å². The molecule has 176 valence electrons. The van der Waals surface area contributed by atoms with Crippen LogP contribution in [-0.4, -0.2) is 24.8 Å². The highest BCUT2D eigenvalue weighted by molar-refractivity contribution is 5.72. The molecule has 5 rings (SSSR count). The second kappa shape index (κ2) is 9.01. The van der Waals surface area contributed by atoms with Gasteiger partial charge in [0.2, 0.25) is 0 Å². The van der Waals surface area contributed by atoms with Crippen LogP contribution in [0.4, 0.5) is 10.1 Å². The van der Waals surface area contributed by atoms with E-state index in [1.807, 2.05) is 42.5 Å².